The normalized spacial score (nSPS) is 12.1. The van der Waals surface area contributed by atoms with Crippen LogP contribution in [0.25, 0.3) is 0 Å². The SMILES string of the molecule is CCC(C)c1ccc(OCC(=O)N/N=C/c2ccc(SC)cc2)cc1. The van der Waals surface area contributed by atoms with Gasteiger partial charge >= 0.3 is 0 Å². The summed E-state index contributed by atoms with van der Waals surface area (Å²) in [7, 11) is 0. The van der Waals surface area contributed by atoms with Crippen molar-refractivity contribution in [2.45, 2.75) is 31.1 Å². The highest BCUT2D eigenvalue weighted by Crippen LogP contribution is 2.21. The largest absolute Gasteiger partial charge is 0.484 e. The van der Waals surface area contributed by atoms with Crippen LogP contribution in [0.4, 0.5) is 0 Å². The minimum atomic E-state index is -0.289. The van der Waals surface area contributed by atoms with Crippen LogP contribution in [0.5, 0.6) is 5.75 Å². The highest BCUT2D eigenvalue weighted by Gasteiger charge is 2.04. The summed E-state index contributed by atoms with van der Waals surface area (Å²) in [6, 6.07) is 15.8. The van der Waals surface area contributed by atoms with Crippen LogP contribution >= 0.6 is 11.8 Å². The van der Waals surface area contributed by atoms with Crippen LogP contribution in [0.1, 0.15) is 37.3 Å². The molecule has 1 N–H and O–H groups in total. The molecule has 132 valence electrons. The van der Waals surface area contributed by atoms with E-state index in [4.69, 9.17) is 4.74 Å². The molecule has 1 amide bonds. The van der Waals surface area contributed by atoms with Crippen molar-refractivity contribution in [2.24, 2.45) is 5.10 Å². The third-order valence-electron chi connectivity index (χ3n) is 3.95. The topological polar surface area (TPSA) is 50.7 Å². The smallest absolute Gasteiger partial charge is 0.277 e. The quantitative estimate of drug-likeness (QED) is 0.432. The molecule has 0 aliphatic rings. The second kappa shape index (κ2) is 9.89. The van der Waals surface area contributed by atoms with Crippen molar-refractivity contribution < 1.29 is 9.53 Å². The van der Waals surface area contributed by atoms with Gasteiger partial charge in [0.05, 0.1) is 6.21 Å². The van der Waals surface area contributed by atoms with Crippen LogP contribution in [-0.4, -0.2) is 25.0 Å². The van der Waals surface area contributed by atoms with Crippen LogP contribution < -0.4 is 10.2 Å². The number of hydrogen-bond acceptors (Lipinski definition) is 4. The van der Waals surface area contributed by atoms with E-state index in [-0.39, 0.29) is 12.5 Å². The standard InChI is InChI=1S/C20H24N2O2S/c1-4-15(2)17-7-9-18(10-8-17)24-14-20(23)22-21-13-16-5-11-19(25-3)12-6-16/h5-13,15H,4,14H2,1-3H3,(H,22,23)/b21-13+. The number of benzene rings is 2. The summed E-state index contributed by atoms with van der Waals surface area (Å²) in [5.74, 6) is 0.915. The van der Waals surface area contributed by atoms with E-state index in [0.717, 1.165) is 12.0 Å². The molecule has 0 aromatic heterocycles. The van der Waals surface area contributed by atoms with Crippen LogP contribution in [0.15, 0.2) is 58.5 Å². The fourth-order valence-corrected chi connectivity index (χ4v) is 2.59. The van der Waals surface area contributed by atoms with Gasteiger partial charge in [-0.3, -0.25) is 4.79 Å². The van der Waals surface area contributed by atoms with Crippen LogP contribution in [-0.2, 0) is 4.79 Å². The van der Waals surface area contributed by atoms with Crippen molar-refractivity contribution in [3.8, 4) is 5.75 Å². The highest BCUT2D eigenvalue weighted by molar-refractivity contribution is 7.98. The number of carbonyl (C=O) groups is 1. The summed E-state index contributed by atoms with van der Waals surface area (Å²) < 4.78 is 5.48. The number of amides is 1. The van der Waals surface area contributed by atoms with E-state index in [2.05, 4.69) is 24.4 Å². The molecule has 2 aromatic rings. The highest BCUT2D eigenvalue weighted by atomic mass is 32.2. The minimum Gasteiger partial charge on any atom is -0.484 e. The molecule has 4 nitrogen and oxygen atoms in total. The van der Waals surface area contributed by atoms with E-state index in [1.165, 1.54) is 10.5 Å². The third kappa shape index (κ3) is 6.27. The van der Waals surface area contributed by atoms with Gasteiger partial charge in [-0.05, 0) is 54.0 Å². The third-order valence-corrected chi connectivity index (χ3v) is 4.69. The van der Waals surface area contributed by atoms with Gasteiger partial charge in [0.15, 0.2) is 6.61 Å². The first-order chi connectivity index (χ1) is 12.1. The van der Waals surface area contributed by atoms with Gasteiger partial charge < -0.3 is 4.74 Å². The molecule has 0 heterocycles. The summed E-state index contributed by atoms with van der Waals surface area (Å²) in [6.45, 7) is 4.29. The molecule has 0 aliphatic heterocycles. The van der Waals surface area contributed by atoms with Gasteiger partial charge in [-0.2, -0.15) is 5.10 Å². The Kier molecular flexibility index (Phi) is 7.54. The number of carbonyl (C=O) groups excluding carboxylic acids is 1. The van der Waals surface area contributed by atoms with Crippen LogP contribution in [0.3, 0.4) is 0 Å². The summed E-state index contributed by atoms with van der Waals surface area (Å²) >= 11 is 1.68. The Bertz CT molecular complexity index is 697. The molecule has 0 saturated carbocycles. The van der Waals surface area contributed by atoms with Crippen molar-refractivity contribution in [1.82, 2.24) is 5.43 Å². The lowest BCUT2D eigenvalue weighted by Crippen LogP contribution is -2.24. The lowest BCUT2D eigenvalue weighted by molar-refractivity contribution is -0.123. The number of hydrazone groups is 1. The molecule has 0 radical (unpaired) electrons. The van der Waals surface area contributed by atoms with Crippen LogP contribution in [0.2, 0.25) is 0 Å². The Morgan fingerprint density at radius 2 is 1.88 bits per heavy atom. The number of ether oxygens (including phenoxy) is 1. The second-order valence-corrected chi connectivity index (χ2v) is 6.61. The molecule has 1 atom stereocenters. The number of hydrogen-bond donors (Lipinski definition) is 1. The lowest BCUT2D eigenvalue weighted by atomic mass is 9.99. The summed E-state index contributed by atoms with van der Waals surface area (Å²) in [5, 5.41) is 3.95. The van der Waals surface area contributed by atoms with E-state index >= 15 is 0 Å². The maximum Gasteiger partial charge on any atom is 0.277 e. The van der Waals surface area contributed by atoms with Gasteiger partial charge in [0.1, 0.15) is 5.75 Å². The second-order valence-electron chi connectivity index (χ2n) is 5.73. The average molecular weight is 356 g/mol. The number of rotatable bonds is 8. The Balaban J connectivity index is 1.77. The molecule has 2 aromatic carbocycles. The molecule has 25 heavy (non-hydrogen) atoms. The van der Waals surface area contributed by atoms with E-state index in [1.807, 2.05) is 54.8 Å². The molecule has 5 heteroatoms. The first-order valence-corrected chi connectivity index (χ1v) is 9.53. The van der Waals surface area contributed by atoms with Crippen molar-refractivity contribution in [3.05, 3.63) is 59.7 Å². The molecule has 0 saturated heterocycles. The number of nitrogens with zero attached hydrogens (tertiary/aromatic N) is 1. The first kappa shape index (κ1) is 19.1. The fraction of sp³-hybridized carbons (Fsp3) is 0.300. The van der Waals surface area contributed by atoms with Gasteiger partial charge in [0.2, 0.25) is 0 Å². The predicted octanol–water partition coefficient (Wildman–Crippen LogP) is 4.45. The Morgan fingerprint density at radius 1 is 1.20 bits per heavy atom. The zero-order valence-corrected chi connectivity index (χ0v) is 15.7. The lowest BCUT2D eigenvalue weighted by Gasteiger charge is -2.10. The van der Waals surface area contributed by atoms with Gasteiger partial charge in [-0.1, -0.05) is 38.1 Å². The minimum absolute atomic E-state index is 0.0641. The zero-order valence-electron chi connectivity index (χ0n) is 14.9. The van der Waals surface area contributed by atoms with E-state index in [1.54, 1.807) is 18.0 Å². The molecule has 0 aliphatic carbocycles. The van der Waals surface area contributed by atoms with Crippen molar-refractivity contribution >= 4 is 23.9 Å². The van der Waals surface area contributed by atoms with Gasteiger partial charge in [0, 0.05) is 4.90 Å². The molecular weight excluding hydrogens is 332 g/mol. The summed E-state index contributed by atoms with van der Waals surface area (Å²) in [5.41, 5.74) is 4.67. The van der Waals surface area contributed by atoms with Gasteiger partial charge in [-0.25, -0.2) is 5.43 Å². The van der Waals surface area contributed by atoms with E-state index in [9.17, 15) is 4.79 Å². The first-order valence-electron chi connectivity index (χ1n) is 8.31. The molecule has 1 unspecified atom stereocenters. The average Bonchev–Trinajstić information content (AvgIpc) is 2.66. The van der Waals surface area contributed by atoms with Gasteiger partial charge in [-0.15, -0.1) is 11.8 Å². The number of nitrogens with one attached hydrogen (secondary N) is 1. The van der Waals surface area contributed by atoms with Crippen molar-refractivity contribution in [3.63, 3.8) is 0 Å². The van der Waals surface area contributed by atoms with Gasteiger partial charge in [0.25, 0.3) is 5.91 Å². The van der Waals surface area contributed by atoms with E-state index in [0.29, 0.717) is 11.7 Å². The van der Waals surface area contributed by atoms with Crippen molar-refractivity contribution in [1.29, 1.82) is 0 Å². The monoisotopic (exact) mass is 356 g/mol. The number of thioether (sulfide) groups is 1. The Morgan fingerprint density at radius 3 is 2.48 bits per heavy atom. The van der Waals surface area contributed by atoms with E-state index < -0.39 is 0 Å². The Hall–Kier alpha value is -2.27. The van der Waals surface area contributed by atoms with Crippen molar-refractivity contribution in [2.75, 3.05) is 12.9 Å². The van der Waals surface area contributed by atoms with Crippen LogP contribution in [0, 0.1) is 0 Å². The molecule has 0 spiro atoms. The fourth-order valence-electron chi connectivity index (χ4n) is 2.18. The molecule has 2 rings (SSSR count). The summed E-state index contributed by atoms with van der Waals surface area (Å²) in [4.78, 5) is 13.0. The molecule has 0 fully saturated rings. The predicted molar refractivity (Wildman–Crippen MR) is 105 cm³/mol. The molecular formula is C20H24N2O2S. The summed E-state index contributed by atoms with van der Waals surface area (Å²) in [6.07, 6.45) is 4.74. The maximum absolute atomic E-state index is 11.8. The Labute approximate surface area is 153 Å². The zero-order chi connectivity index (χ0) is 18.1. The maximum atomic E-state index is 11.8. The molecule has 0 bridgehead atoms.